The van der Waals surface area contributed by atoms with Crippen LogP contribution in [-0.4, -0.2) is 22.5 Å². The number of hydrogen-bond donors (Lipinski definition) is 1. The van der Waals surface area contributed by atoms with Gasteiger partial charge in [0.15, 0.2) is 6.61 Å². The molecule has 1 heterocycles. The highest BCUT2D eigenvalue weighted by molar-refractivity contribution is 6.31. The second-order valence-electron chi connectivity index (χ2n) is 5.01. The molecule has 0 atom stereocenters. The number of benzene rings is 2. The number of aromatic nitrogens is 2. The number of halogens is 1. The SMILES string of the molecule is Cc1cc(OCC(=O)Nc2ccc3nccnc3c2)ccc1Cl. The summed E-state index contributed by atoms with van der Waals surface area (Å²) in [5, 5.41) is 3.44. The molecule has 3 aromatic rings. The molecule has 1 N–H and O–H groups in total. The second-order valence-corrected chi connectivity index (χ2v) is 5.41. The lowest BCUT2D eigenvalue weighted by molar-refractivity contribution is -0.118. The van der Waals surface area contributed by atoms with Crippen molar-refractivity contribution in [2.24, 2.45) is 0 Å². The highest BCUT2D eigenvalue weighted by atomic mass is 35.5. The highest BCUT2D eigenvalue weighted by Gasteiger charge is 2.06. The van der Waals surface area contributed by atoms with Crippen LogP contribution >= 0.6 is 11.6 Å². The number of amides is 1. The number of rotatable bonds is 4. The molecule has 0 spiro atoms. The van der Waals surface area contributed by atoms with Crippen molar-refractivity contribution < 1.29 is 9.53 Å². The molecule has 0 bridgehead atoms. The molecule has 0 aliphatic rings. The topological polar surface area (TPSA) is 64.1 Å². The van der Waals surface area contributed by atoms with Crippen molar-refractivity contribution in [3.05, 3.63) is 59.4 Å². The van der Waals surface area contributed by atoms with E-state index in [0.717, 1.165) is 16.6 Å². The Kier molecular flexibility index (Phi) is 4.39. The Morgan fingerprint density at radius 3 is 2.70 bits per heavy atom. The molecule has 1 amide bonds. The fraction of sp³-hybridized carbons (Fsp3) is 0.118. The molecule has 0 saturated heterocycles. The lowest BCUT2D eigenvalue weighted by Crippen LogP contribution is -2.20. The number of nitrogens with zero attached hydrogens (tertiary/aromatic N) is 2. The number of aryl methyl sites for hydroxylation is 1. The van der Waals surface area contributed by atoms with Crippen LogP contribution in [0, 0.1) is 6.92 Å². The number of fused-ring (bicyclic) bond motifs is 1. The van der Waals surface area contributed by atoms with E-state index in [2.05, 4.69) is 15.3 Å². The normalized spacial score (nSPS) is 10.5. The van der Waals surface area contributed by atoms with Gasteiger partial charge < -0.3 is 10.1 Å². The quantitative estimate of drug-likeness (QED) is 0.795. The third-order valence-corrected chi connectivity index (χ3v) is 3.68. The Morgan fingerprint density at radius 1 is 1.13 bits per heavy atom. The van der Waals surface area contributed by atoms with Gasteiger partial charge in [-0.3, -0.25) is 14.8 Å². The first-order valence-electron chi connectivity index (χ1n) is 7.01. The van der Waals surface area contributed by atoms with Crippen molar-refractivity contribution in [3.8, 4) is 5.75 Å². The first-order valence-corrected chi connectivity index (χ1v) is 7.39. The number of hydrogen-bond acceptors (Lipinski definition) is 4. The van der Waals surface area contributed by atoms with E-state index in [9.17, 15) is 4.79 Å². The number of ether oxygens (including phenoxy) is 1. The number of nitrogens with one attached hydrogen (secondary N) is 1. The number of carbonyl (C=O) groups is 1. The minimum atomic E-state index is -0.249. The monoisotopic (exact) mass is 327 g/mol. The van der Waals surface area contributed by atoms with Crippen LogP contribution < -0.4 is 10.1 Å². The number of carbonyl (C=O) groups excluding carboxylic acids is 1. The number of anilines is 1. The lowest BCUT2D eigenvalue weighted by atomic mass is 10.2. The van der Waals surface area contributed by atoms with Gasteiger partial charge in [0, 0.05) is 23.1 Å². The summed E-state index contributed by atoms with van der Waals surface area (Å²) in [6.07, 6.45) is 3.24. The zero-order chi connectivity index (χ0) is 16.2. The minimum Gasteiger partial charge on any atom is -0.484 e. The van der Waals surface area contributed by atoms with E-state index in [1.54, 1.807) is 48.8 Å². The Hall–Kier alpha value is -2.66. The largest absolute Gasteiger partial charge is 0.484 e. The van der Waals surface area contributed by atoms with Crippen molar-refractivity contribution in [1.82, 2.24) is 9.97 Å². The summed E-state index contributed by atoms with van der Waals surface area (Å²) < 4.78 is 5.46. The zero-order valence-electron chi connectivity index (χ0n) is 12.4. The maximum Gasteiger partial charge on any atom is 0.262 e. The first kappa shape index (κ1) is 15.2. The summed E-state index contributed by atoms with van der Waals surface area (Å²) in [7, 11) is 0. The van der Waals surface area contributed by atoms with Gasteiger partial charge in [-0.2, -0.15) is 0 Å². The van der Waals surface area contributed by atoms with E-state index in [4.69, 9.17) is 16.3 Å². The van der Waals surface area contributed by atoms with Crippen LogP contribution in [0.15, 0.2) is 48.8 Å². The van der Waals surface area contributed by atoms with Gasteiger partial charge in [-0.15, -0.1) is 0 Å². The van der Waals surface area contributed by atoms with Crippen LogP contribution in [0.2, 0.25) is 5.02 Å². The molecule has 1 aromatic heterocycles. The summed E-state index contributed by atoms with van der Waals surface area (Å²) in [6.45, 7) is 1.80. The van der Waals surface area contributed by atoms with Gasteiger partial charge in [-0.05, 0) is 48.9 Å². The smallest absolute Gasteiger partial charge is 0.262 e. The average Bonchev–Trinajstić information content (AvgIpc) is 2.56. The van der Waals surface area contributed by atoms with E-state index in [0.29, 0.717) is 16.5 Å². The van der Waals surface area contributed by atoms with Crippen molar-refractivity contribution in [1.29, 1.82) is 0 Å². The molecular formula is C17H14ClN3O2. The second kappa shape index (κ2) is 6.62. The zero-order valence-corrected chi connectivity index (χ0v) is 13.2. The van der Waals surface area contributed by atoms with Crippen LogP contribution in [0.1, 0.15) is 5.56 Å². The Bertz CT molecular complexity index is 867. The summed E-state index contributed by atoms with van der Waals surface area (Å²) in [4.78, 5) is 20.4. The van der Waals surface area contributed by atoms with Gasteiger partial charge in [-0.25, -0.2) is 0 Å². The van der Waals surface area contributed by atoms with Gasteiger partial charge in [0.2, 0.25) is 0 Å². The Balaban J connectivity index is 1.62. The van der Waals surface area contributed by atoms with Crippen LogP contribution in [0.5, 0.6) is 5.75 Å². The average molecular weight is 328 g/mol. The van der Waals surface area contributed by atoms with Gasteiger partial charge in [-0.1, -0.05) is 11.6 Å². The molecule has 2 aromatic carbocycles. The fourth-order valence-electron chi connectivity index (χ4n) is 2.09. The molecule has 5 nitrogen and oxygen atoms in total. The molecule has 116 valence electrons. The Morgan fingerprint density at radius 2 is 1.91 bits per heavy atom. The summed E-state index contributed by atoms with van der Waals surface area (Å²) in [5.41, 5.74) is 3.05. The fourth-order valence-corrected chi connectivity index (χ4v) is 2.21. The van der Waals surface area contributed by atoms with Crippen LogP contribution in [0.3, 0.4) is 0 Å². The van der Waals surface area contributed by atoms with Crippen molar-refractivity contribution in [2.75, 3.05) is 11.9 Å². The summed E-state index contributed by atoms with van der Waals surface area (Å²) in [6, 6.07) is 10.6. The van der Waals surface area contributed by atoms with Crippen LogP contribution in [0.25, 0.3) is 11.0 Å². The van der Waals surface area contributed by atoms with E-state index in [1.165, 1.54) is 0 Å². The predicted molar refractivity (Wildman–Crippen MR) is 89.9 cm³/mol. The standard InChI is InChI=1S/C17H14ClN3O2/c1-11-8-13(3-4-14(11)18)23-10-17(22)21-12-2-5-15-16(9-12)20-7-6-19-15/h2-9H,10H2,1H3,(H,21,22). The predicted octanol–water partition coefficient (Wildman–Crippen LogP) is 3.61. The van der Waals surface area contributed by atoms with Crippen molar-refractivity contribution in [3.63, 3.8) is 0 Å². The molecular weight excluding hydrogens is 314 g/mol. The third-order valence-electron chi connectivity index (χ3n) is 3.25. The maximum absolute atomic E-state index is 12.0. The molecule has 0 saturated carbocycles. The molecule has 23 heavy (non-hydrogen) atoms. The van der Waals surface area contributed by atoms with E-state index >= 15 is 0 Å². The molecule has 0 aliphatic heterocycles. The molecule has 3 rings (SSSR count). The minimum absolute atomic E-state index is 0.0838. The maximum atomic E-state index is 12.0. The molecule has 6 heteroatoms. The van der Waals surface area contributed by atoms with Gasteiger partial charge >= 0.3 is 0 Å². The van der Waals surface area contributed by atoms with Gasteiger partial charge in [0.1, 0.15) is 5.75 Å². The van der Waals surface area contributed by atoms with Crippen LogP contribution in [0.4, 0.5) is 5.69 Å². The third kappa shape index (κ3) is 3.76. The van der Waals surface area contributed by atoms with Gasteiger partial charge in [0.25, 0.3) is 5.91 Å². The first-order chi connectivity index (χ1) is 11.1. The lowest BCUT2D eigenvalue weighted by Gasteiger charge is -2.09. The highest BCUT2D eigenvalue weighted by Crippen LogP contribution is 2.21. The molecule has 0 fully saturated rings. The van der Waals surface area contributed by atoms with E-state index in [-0.39, 0.29) is 12.5 Å². The summed E-state index contributed by atoms with van der Waals surface area (Å²) in [5.74, 6) is 0.354. The van der Waals surface area contributed by atoms with Crippen molar-refractivity contribution >= 4 is 34.2 Å². The molecule has 0 unspecified atom stereocenters. The van der Waals surface area contributed by atoms with E-state index < -0.39 is 0 Å². The van der Waals surface area contributed by atoms with Crippen LogP contribution in [-0.2, 0) is 4.79 Å². The van der Waals surface area contributed by atoms with Crippen molar-refractivity contribution in [2.45, 2.75) is 6.92 Å². The van der Waals surface area contributed by atoms with Gasteiger partial charge in [0.05, 0.1) is 11.0 Å². The Labute approximate surface area is 138 Å². The summed E-state index contributed by atoms with van der Waals surface area (Å²) >= 11 is 5.95. The molecule has 0 aliphatic carbocycles. The molecule has 0 radical (unpaired) electrons. The van der Waals surface area contributed by atoms with E-state index in [1.807, 2.05) is 6.92 Å².